The number of ether oxygens (including phenoxy) is 1. The van der Waals surface area contributed by atoms with Gasteiger partial charge in [-0.2, -0.15) is 0 Å². The summed E-state index contributed by atoms with van der Waals surface area (Å²) in [6, 6.07) is 8.04. The van der Waals surface area contributed by atoms with E-state index >= 15 is 0 Å². The number of carbonyl (C=O) groups excluding carboxylic acids is 1. The van der Waals surface area contributed by atoms with Crippen LogP contribution in [-0.4, -0.2) is 32.6 Å². The maximum Gasteiger partial charge on any atom is 0.251 e. The number of nitrogens with one attached hydrogen (secondary N) is 1. The van der Waals surface area contributed by atoms with Crippen molar-refractivity contribution in [3.05, 3.63) is 65.5 Å². The second-order valence-electron chi connectivity index (χ2n) is 6.49. The lowest BCUT2D eigenvalue weighted by atomic mass is 10.3. The van der Waals surface area contributed by atoms with Gasteiger partial charge < -0.3 is 19.0 Å². The molecule has 29 heavy (non-hydrogen) atoms. The molecule has 0 aliphatic rings. The molecular weight excluding hydrogens is 399 g/mol. The number of carbonyl (C=O) groups is 1. The van der Waals surface area contributed by atoms with Crippen LogP contribution in [0.1, 0.15) is 17.0 Å². The predicted molar refractivity (Wildman–Crippen MR) is 104 cm³/mol. The van der Waals surface area contributed by atoms with E-state index in [0.29, 0.717) is 17.0 Å². The Hall–Kier alpha value is -2.91. The van der Waals surface area contributed by atoms with E-state index in [1.165, 1.54) is 25.5 Å². The Balaban J connectivity index is 2.19. The highest BCUT2D eigenvalue weighted by Gasteiger charge is 2.30. The van der Waals surface area contributed by atoms with Gasteiger partial charge in [0.05, 0.1) is 17.7 Å². The Bertz CT molecular complexity index is 1120. The van der Waals surface area contributed by atoms with Crippen molar-refractivity contribution in [3.8, 4) is 0 Å². The molecule has 7 nitrogen and oxygen atoms in total. The van der Waals surface area contributed by atoms with Crippen molar-refractivity contribution >= 4 is 21.6 Å². The lowest BCUT2D eigenvalue weighted by molar-refractivity contribution is -0.119. The van der Waals surface area contributed by atoms with Gasteiger partial charge in [0, 0.05) is 12.8 Å². The molecule has 1 N–H and O–H groups in total. The van der Waals surface area contributed by atoms with Crippen LogP contribution in [0.3, 0.4) is 0 Å². The Morgan fingerprint density at radius 1 is 1.21 bits per heavy atom. The van der Waals surface area contributed by atoms with Crippen LogP contribution in [0.15, 0.2) is 56.9 Å². The minimum Gasteiger partial charge on any atom is -0.467 e. The Morgan fingerprint density at radius 2 is 1.90 bits per heavy atom. The maximum absolute atomic E-state index is 13.4. The fourth-order valence-corrected chi connectivity index (χ4v) is 4.77. The van der Waals surface area contributed by atoms with Crippen LogP contribution in [0.2, 0.25) is 0 Å². The van der Waals surface area contributed by atoms with Gasteiger partial charge in [0.1, 0.15) is 28.9 Å². The summed E-state index contributed by atoms with van der Waals surface area (Å²) in [5.74, 6) is -0.332. The molecule has 0 spiro atoms. The average molecular weight is 420 g/mol. The van der Waals surface area contributed by atoms with E-state index in [1.807, 2.05) is 0 Å². The standard InChI is InChI=1S/C20H21FN2O5S/c1-13-14(2)23(11-16-5-4-10-28-16)20(22-18(24)12-27-3)19(13)29(25,26)17-8-6-15(21)7-9-17/h4-10H,11-12H2,1-3H3,(H,22,24). The molecule has 0 atom stereocenters. The van der Waals surface area contributed by atoms with Crippen molar-refractivity contribution < 1.29 is 26.8 Å². The Kier molecular flexibility index (Phi) is 5.90. The number of furan rings is 1. The number of halogens is 1. The average Bonchev–Trinajstić information content (AvgIpc) is 3.25. The molecular formula is C20H21FN2O5S. The summed E-state index contributed by atoms with van der Waals surface area (Å²) in [5.41, 5.74) is 1.13. The molecule has 0 aliphatic heterocycles. The molecule has 3 aromatic rings. The lowest BCUT2D eigenvalue weighted by Crippen LogP contribution is -2.21. The molecule has 2 aromatic heterocycles. The van der Waals surface area contributed by atoms with E-state index in [0.717, 1.165) is 12.1 Å². The van der Waals surface area contributed by atoms with Crippen molar-refractivity contribution in [2.45, 2.75) is 30.2 Å². The minimum absolute atomic E-state index is 0.0439. The molecule has 1 aromatic carbocycles. The number of methoxy groups -OCH3 is 1. The highest BCUT2D eigenvalue weighted by atomic mass is 32.2. The first-order chi connectivity index (χ1) is 13.8. The van der Waals surface area contributed by atoms with Crippen molar-refractivity contribution in [3.63, 3.8) is 0 Å². The number of benzene rings is 1. The summed E-state index contributed by atoms with van der Waals surface area (Å²) in [7, 11) is -2.66. The summed E-state index contributed by atoms with van der Waals surface area (Å²) in [6.45, 7) is 3.41. The fourth-order valence-electron chi connectivity index (χ4n) is 3.07. The molecule has 9 heteroatoms. The van der Waals surface area contributed by atoms with Gasteiger partial charge in [-0.3, -0.25) is 4.79 Å². The Labute approximate surface area is 168 Å². The van der Waals surface area contributed by atoms with Gasteiger partial charge in [-0.1, -0.05) is 0 Å². The van der Waals surface area contributed by atoms with Gasteiger partial charge in [0.25, 0.3) is 5.91 Å². The number of aromatic nitrogens is 1. The van der Waals surface area contributed by atoms with Crippen LogP contribution in [0.4, 0.5) is 10.2 Å². The normalized spacial score (nSPS) is 11.6. The molecule has 154 valence electrons. The fraction of sp³-hybridized carbons (Fsp3) is 0.250. The number of sulfone groups is 1. The third kappa shape index (κ3) is 4.10. The van der Waals surface area contributed by atoms with Crippen molar-refractivity contribution in [1.29, 1.82) is 0 Å². The van der Waals surface area contributed by atoms with Crippen molar-refractivity contribution in [1.82, 2.24) is 4.57 Å². The summed E-state index contributed by atoms with van der Waals surface area (Å²) in [4.78, 5) is 12.1. The van der Waals surface area contributed by atoms with E-state index in [2.05, 4.69) is 5.32 Å². The molecule has 0 saturated heterocycles. The molecule has 3 rings (SSSR count). The monoisotopic (exact) mass is 420 g/mol. The first-order valence-corrected chi connectivity index (χ1v) is 10.3. The first-order valence-electron chi connectivity index (χ1n) is 8.77. The largest absolute Gasteiger partial charge is 0.467 e. The van der Waals surface area contributed by atoms with Gasteiger partial charge in [-0.15, -0.1) is 0 Å². The molecule has 1 amide bonds. The molecule has 0 bridgehead atoms. The van der Waals surface area contributed by atoms with E-state index in [4.69, 9.17) is 9.15 Å². The highest BCUT2D eigenvalue weighted by molar-refractivity contribution is 7.91. The SMILES string of the molecule is COCC(=O)Nc1c(S(=O)(=O)c2ccc(F)cc2)c(C)c(C)n1Cc1ccco1. The zero-order chi connectivity index (χ0) is 21.2. The van der Waals surface area contributed by atoms with Crippen LogP contribution < -0.4 is 5.32 Å². The molecule has 0 radical (unpaired) electrons. The van der Waals surface area contributed by atoms with E-state index in [9.17, 15) is 17.6 Å². The molecule has 0 aliphatic carbocycles. The van der Waals surface area contributed by atoms with E-state index in [1.54, 1.807) is 30.5 Å². The van der Waals surface area contributed by atoms with Gasteiger partial charge in [0.15, 0.2) is 0 Å². The third-order valence-electron chi connectivity index (χ3n) is 4.59. The van der Waals surface area contributed by atoms with Crippen LogP contribution in [-0.2, 0) is 25.9 Å². The molecule has 2 heterocycles. The summed E-state index contributed by atoms with van der Waals surface area (Å²) in [6.07, 6.45) is 1.51. The second kappa shape index (κ2) is 8.22. The van der Waals surface area contributed by atoms with Crippen LogP contribution in [0.5, 0.6) is 0 Å². The van der Waals surface area contributed by atoms with Crippen molar-refractivity contribution in [2.75, 3.05) is 19.0 Å². The second-order valence-corrected chi connectivity index (χ2v) is 8.38. The minimum atomic E-state index is -4.03. The van der Waals surface area contributed by atoms with E-state index in [-0.39, 0.29) is 28.8 Å². The van der Waals surface area contributed by atoms with Crippen LogP contribution in [0.25, 0.3) is 0 Å². The number of rotatable bonds is 7. The predicted octanol–water partition coefficient (Wildman–Crippen LogP) is 3.30. The smallest absolute Gasteiger partial charge is 0.251 e. The Morgan fingerprint density at radius 3 is 2.48 bits per heavy atom. The number of hydrogen-bond donors (Lipinski definition) is 1. The zero-order valence-electron chi connectivity index (χ0n) is 16.2. The van der Waals surface area contributed by atoms with Crippen LogP contribution in [0, 0.1) is 19.7 Å². The van der Waals surface area contributed by atoms with Gasteiger partial charge >= 0.3 is 0 Å². The zero-order valence-corrected chi connectivity index (χ0v) is 17.0. The van der Waals surface area contributed by atoms with Gasteiger partial charge in [-0.05, 0) is 55.8 Å². The molecule has 0 saturated carbocycles. The molecule has 0 unspecified atom stereocenters. The number of nitrogens with zero attached hydrogens (tertiary/aromatic N) is 1. The number of hydrogen-bond acceptors (Lipinski definition) is 5. The summed E-state index contributed by atoms with van der Waals surface area (Å²) < 4.78 is 51.9. The van der Waals surface area contributed by atoms with Gasteiger partial charge in [-0.25, -0.2) is 12.8 Å². The third-order valence-corrected chi connectivity index (χ3v) is 6.52. The lowest BCUT2D eigenvalue weighted by Gasteiger charge is -2.13. The first kappa shape index (κ1) is 20.8. The number of amides is 1. The summed E-state index contributed by atoms with van der Waals surface area (Å²) in [5, 5.41) is 2.65. The van der Waals surface area contributed by atoms with Crippen molar-refractivity contribution in [2.24, 2.45) is 0 Å². The highest BCUT2D eigenvalue weighted by Crippen LogP contribution is 2.36. The van der Waals surface area contributed by atoms with E-state index < -0.39 is 21.6 Å². The summed E-state index contributed by atoms with van der Waals surface area (Å²) >= 11 is 0. The van der Waals surface area contributed by atoms with Gasteiger partial charge in [0.2, 0.25) is 9.84 Å². The number of anilines is 1. The maximum atomic E-state index is 13.4. The molecule has 0 fully saturated rings. The quantitative estimate of drug-likeness (QED) is 0.592. The topological polar surface area (TPSA) is 90.5 Å². The van der Waals surface area contributed by atoms with Crippen LogP contribution >= 0.6 is 0 Å².